The summed E-state index contributed by atoms with van der Waals surface area (Å²) in [6.07, 6.45) is 7.39. The van der Waals surface area contributed by atoms with Crippen molar-refractivity contribution in [1.82, 2.24) is 4.90 Å². The van der Waals surface area contributed by atoms with E-state index in [0.717, 1.165) is 31.8 Å². The molecule has 1 aliphatic heterocycles. The van der Waals surface area contributed by atoms with Crippen molar-refractivity contribution in [3.63, 3.8) is 0 Å². The van der Waals surface area contributed by atoms with Gasteiger partial charge in [0.1, 0.15) is 0 Å². The second kappa shape index (κ2) is 6.28. The van der Waals surface area contributed by atoms with Crippen LogP contribution in [0.15, 0.2) is 16.7 Å². The van der Waals surface area contributed by atoms with Crippen LogP contribution in [0.4, 0.5) is 0 Å². The summed E-state index contributed by atoms with van der Waals surface area (Å²) in [5.41, 5.74) is 0.491. The largest absolute Gasteiger partial charge is 0.452 e. The van der Waals surface area contributed by atoms with Gasteiger partial charge in [-0.15, -0.1) is 0 Å². The molecule has 1 aromatic heterocycles. The van der Waals surface area contributed by atoms with Crippen LogP contribution >= 0.6 is 11.6 Å². The molecule has 1 aliphatic rings. The van der Waals surface area contributed by atoms with Crippen LogP contribution in [-0.2, 0) is 0 Å². The Morgan fingerprint density at radius 1 is 1.50 bits per heavy atom. The van der Waals surface area contributed by atoms with Gasteiger partial charge in [-0.2, -0.15) is 0 Å². The highest BCUT2D eigenvalue weighted by Crippen LogP contribution is 2.24. The van der Waals surface area contributed by atoms with Crippen LogP contribution in [0.3, 0.4) is 0 Å². The quantitative estimate of drug-likeness (QED) is 0.832. The highest BCUT2D eigenvalue weighted by molar-refractivity contribution is 6.32. The second-order valence-corrected chi connectivity index (χ2v) is 5.33. The molecule has 0 radical (unpaired) electrons. The number of halogens is 1. The van der Waals surface area contributed by atoms with Crippen LogP contribution in [0, 0.1) is 5.92 Å². The van der Waals surface area contributed by atoms with Crippen LogP contribution in [0.25, 0.3) is 0 Å². The highest BCUT2D eigenvalue weighted by Gasteiger charge is 2.23. The van der Waals surface area contributed by atoms with Crippen LogP contribution in [0.1, 0.15) is 49.4 Å². The molecule has 1 unspecified atom stereocenters. The minimum atomic E-state index is 0.00546. The number of hydrogen-bond donors (Lipinski definition) is 0. The smallest absolute Gasteiger partial charge is 0.258 e. The monoisotopic (exact) mass is 269 g/mol. The molecular formula is C14H20ClNO2. The molecule has 4 heteroatoms. The van der Waals surface area contributed by atoms with Gasteiger partial charge < -0.3 is 9.32 Å². The first-order valence-corrected chi connectivity index (χ1v) is 7.12. The van der Waals surface area contributed by atoms with Gasteiger partial charge >= 0.3 is 0 Å². The molecule has 0 aromatic carbocycles. The fourth-order valence-corrected chi connectivity index (χ4v) is 2.88. The Balaban J connectivity index is 1.98. The second-order valence-electron chi connectivity index (χ2n) is 4.99. The normalized spacial score (nSPS) is 20.8. The zero-order valence-corrected chi connectivity index (χ0v) is 11.6. The van der Waals surface area contributed by atoms with Crippen molar-refractivity contribution in [3.8, 4) is 0 Å². The third kappa shape index (κ3) is 3.08. The summed E-state index contributed by atoms with van der Waals surface area (Å²) in [5, 5.41) is 0.203. The van der Waals surface area contributed by atoms with Crippen molar-refractivity contribution in [2.75, 3.05) is 13.1 Å². The highest BCUT2D eigenvalue weighted by atomic mass is 35.5. The molecule has 0 N–H and O–H groups in total. The summed E-state index contributed by atoms with van der Waals surface area (Å²) in [7, 11) is 0. The standard InChI is InChI=1S/C14H20ClNO2/c1-2-4-11-5-3-8-16(9-6-11)14(17)12-7-10-18-13(12)15/h7,10-11H,2-6,8-9H2,1H3. The van der Waals surface area contributed by atoms with Crippen molar-refractivity contribution in [1.29, 1.82) is 0 Å². The van der Waals surface area contributed by atoms with Gasteiger partial charge in [-0.1, -0.05) is 19.8 Å². The Morgan fingerprint density at radius 3 is 3.00 bits per heavy atom. The molecular weight excluding hydrogens is 250 g/mol. The number of hydrogen-bond acceptors (Lipinski definition) is 2. The number of nitrogens with zero attached hydrogens (tertiary/aromatic N) is 1. The zero-order valence-electron chi connectivity index (χ0n) is 10.8. The molecule has 1 saturated heterocycles. The Morgan fingerprint density at radius 2 is 2.33 bits per heavy atom. The lowest BCUT2D eigenvalue weighted by atomic mass is 9.96. The van der Waals surface area contributed by atoms with Crippen molar-refractivity contribution >= 4 is 17.5 Å². The third-order valence-corrected chi connectivity index (χ3v) is 3.97. The first kappa shape index (κ1) is 13.5. The van der Waals surface area contributed by atoms with Crippen molar-refractivity contribution in [2.45, 2.75) is 39.0 Å². The zero-order chi connectivity index (χ0) is 13.0. The molecule has 1 aromatic rings. The van der Waals surface area contributed by atoms with Crippen LogP contribution in [0.2, 0.25) is 5.22 Å². The molecule has 1 fully saturated rings. The van der Waals surface area contributed by atoms with E-state index in [1.54, 1.807) is 6.07 Å². The SMILES string of the molecule is CCCC1CCCN(C(=O)c2ccoc2Cl)CC1. The summed E-state index contributed by atoms with van der Waals surface area (Å²) < 4.78 is 4.99. The minimum Gasteiger partial charge on any atom is -0.452 e. The number of carbonyl (C=O) groups excluding carboxylic acids is 1. The van der Waals surface area contributed by atoms with Crippen molar-refractivity contribution in [2.24, 2.45) is 5.92 Å². The van der Waals surface area contributed by atoms with Gasteiger partial charge in [0.15, 0.2) is 0 Å². The maximum atomic E-state index is 12.3. The molecule has 0 bridgehead atoms. The molecule has 0 saturated carbocycles. The van der Waals surface area contributed by atoms with E-state index in [1.165, 1.54) is 25.5 Å². The molecule has 100 valence electrons. The summed E-state index contributed by atoms with van der Waals surface area (Å²) >= 11 is 5.86. The Hall–Kier alpha value is -0.960. The topological polar surface area (TPSA) is 33.5 Å². The van der Waals surface area contributed by atoms with Gasteiger partial charge in [0.05, 0.1) is 11.8 Å². The van der Waals surface area contributed by atoms with Crippen LogP contribution in [0.5, 0.6) is 0 Å². The van der Waals surface area contributed by atoms with Gasteiger partial charge in [-0.05, 0) is 42.8 Å². The van der Waals surface area contributed by atoms with E-state index in [1.807, 2.05) is 4.90 Å². The van der Waals surface area contributed by atoms with E-state index in [2.05, 4.69) is 6.92 Å². The molecule has 1 amide bonds. The molecule has 2 rings (SSSR count). The Kier molecular flexibility index (Phi) is 4.70. The summed E-state index contributed by atoms with van der Waals surface area (Å²) in [5.74, 6) is 0.776. The summed E-state index contributed by atoms with van der Waals surface area (Å²) in [6.45, 7) is 3.89. The number of furan rings is 1. The molecule has 3 nitrogen and oxygen atoms in total. The van der Waals surface area contributed by atoms with Crippen LogP contribution < -0.4 is 0 Å². The first-order valence-electron chi connectivity index (χ1n) is 6.74. The summed E-state index contributed by atoms with van der Waals surface area (Å²) in [6, 6.07) is 1.65. The van der Waals surface area contributed by atoms with E-state index >= 15 is 0 Å². The Bertz CT molecular complexity index is 402. The molecule has 0 spiro atoms. The molecule has 18 heavy (non-hydrogen) atoms. The van der Waals surface area contributed by atoms with E-state index in [9.17, 15) is 4.79 Å². The maximum Gasteiger partial charge on any atom is 0.258 e. The average Bonchev–Trinajstić information content (AvgIpc) is 2.64. The lowest BCUT2D eigenvalue weighted by molar-refractivity contribution is 0.0759. The minimum absolute atomic E-state index is 0.00546. The first-order chi connectivity index (χ1) is 8.72. The molecule has 0 aliphatic carbocycles. The van der Waals surface area contributed by atoms with Crippen molar-refractivity contribution in [3.05, 3.63) is 23.1 Å². The number of amides is 1. The van der Waals surface area contributed by atoms with E-state index in [4.69, 9.17) is 16.0 Å². The molecule has 2 heterocycles. The lowest BCUT2D eigenvalue weighted by Crippen LogP contribution is -2.31. The average molecular weight is 270 g/mol. The van der Waals surface area contributed by atoms with Gasteiger partial charge in [-0.25, -0.2) is 0 Å². The predicted octanol–water partition coefficient (Wildman–Crippen LogP) is 3.98. The van der Waals surface area contributed by atoms with E-state index in [0.29, 0.717) is 5.56 Å². The Labute approximate surface area is 113 Å². The predicted molar refractivity (Wildman–Crippen MR) is 71.9 cm³/mol. The van der Waals surface area contributed by atoms with Crippen LogP contribution in [-0.4, -0.2) is 23.9 Å². The number of likely N-dealkylation sites (tertiary alicyclic amines) is 1. The third-order valence-electron chi connectivity index (χ3n) is 3.68. The van der Waals surface area contributed by atoms with Crippen molar-refractivity contribution < 1.29 is 9.21 Å². The van der Waals surface area contributed by atoms with Gasteiger partial charge in [0, 0.05) is 13.1 Å². The van der Waals surface area contributed by atoms with Gasteiger partial charge in [0.25, 0.3) is 5.91 Å². The molecule has 1 atom stereocenters. The number of rotatable bonds is 3. The van der Waals surface area contributed by atoms with Gasteiger partial charge in [0.2, 0.25) is 5.22 Å². The lowest BCUT2D eigenvalue weighted by Gasteiger charge is -2.20. The summed E-state index contributed by atoms with van der Waals surface area (Å²) in [4.78, 5) is 14.2. The van der Waals surface area contributed by atoms with E-state index in [-0.39, 0.29) is 11.1 Å². The number of carbonyl (C=O) groups is 1. The van der Waals surface area contributed by atoms with E-state index < -0.39 is 0 Å². The fourth-order valence-electron chi connectivity index (χ4n) is 2.68. The fraction of sp³-hybridized carbons (Fsp3) is 0.643. The van der Waals surface area contributed by atoms with Gasteiger partial charge in [-0.3, -0.25) is 4.79 Å². The maximum absolute atomic E-state index is 12.3.